The van der Waals surface area contributed by atoms with Crippen molar-refractivity contribution in [3.8, 4) is 11.6 Å². The van der Waals surface area contributed by atoms with Crippen molar-refractivity contribution in [1.29, 1.82) is 0 Å². The Morgan fingerprint density at radius 2 is 2.06 bits per heavy atom. The van der Waals surface area contributed by atoms with Gasteiger partial charge in [-0.05, 0) is 6.92 Å². The van der Waals surface area contributed by atoms with E-state index in [9.17, 15) is 13.2 Å². The van der Waals surface area contributed by atoms with Crippen LogP contribution in [0.1, 0.15) is 6.92 Å². The maximum absolute atomic E-state index is 12.3. The molecule has 96 valence electrons. The fraction of sp³-hybridized carbons (Fsp3) is 0.500. The molecule has 0 saturated heterocycles. The smallest absolute Gasteiger partial charge is 0.425 e. The van der Waals surface area contributed by atoms with Crippen LogP contribution in [0.25, 0.3) is 0 Å². The minimum Gasteiger partial charge on any atom is -0.489 e. The van der Waals surface area contributed by atoms with Gasteiger partial charge in [-0.1, -0.05) is 0 Å². The number of anilines is 1. The van der Waals surface area contributed by atoms with Gasteiger partial charge in [0.2, 0.25) is 5.75 Å². The summed E-state index contributed by atoms with van der Waals surface area (Å²) in [6.45, 7) is 0.858. The first-order valence-corrected chi connectivity index (χ1v) is 4.49. The Labute approximate surface area is 94.9 Å². The predicted molar refractivity (Wildman–Crippen MR) is 52.5 cm³/mol. The third kappa shape index (κ3) is 3.09. The number of halogens is 3. The first-order chi connectivity index (χ1) is 7.90. The molecule has 0 aliphatic carbocycles. The highest BCUT2D eigenvalue weighted by Crippen LogP contribution is 2.33. The van der Waals surface area contributed by atoms with Gasteiger partial charge >= 0.3 is 6.18 Å². The van der Waals surface area contributed by atoms with Gasteiger partial charge in [0.25, 0.3) is 5.88 Å². The zero-order chi connectivity index (χ0) is 13.1. The lowest BCUT2D eigenvalue weighted by atomic mass is 10.4. The molecule has 0 bridgehead atoms. The number of ether oxygens (including phenoxy) is 2. The monoisotopic (exact) mass is 252 g/mol. The number of rotatable bonds is 4. The highest BCUT2D eigenvalue weighted by atomic mass is 19.4. The second-order valence-corrected chi connectivity index (χ2v) is 3.01. The maximum atomic E-state index is 12.3. The molecule has 6 nitrogen and oxygen atoms in total. The van der Waals surface area contributed by atoms with Gasteiger partial charge in [-0.3, -0.25) is 0 Å². The highest BCUT2D eigenvalue weighted by molar-refractivity contribution is 5.54. The number of hydrogen-bond donors (Lipinski definition) is 2. The highest BCUT2D eigenvalue weighted by Gasteiger charge is 2.39. The van der Waals surface area contributed by atoms with Gasteiger partial charge in [-0.25, -0.2) is 10.8 Å². The average molecular weight is 252 g/mol. The molecular formula is C8H11F3N4O2. The summed E-state index contributed by atoms with van der Waals surface area (Å²) in [4.78, 5) is 7.22. The molecule has 0 aromatic carbocycles. The number of nitrogens with zero attached hydrogens (tertiary/aromatic N) is 2. The second kappa shape index (κ2) is 5.04. The molecule has 3 N–H and O–H groups in total. The van der Waals surface area contributed by atoms with E-state index >= 15 is 0 Å². The Hall–Kier alpha value is -1.77. The Bertz CT molecular complexity index is 386. The van der Waals surface area contributed by atoms with Crippen LogP contribution in [-0.2, 0) is 0 Å². The van der Waals surface area contributed by atoms with Crippen molar-refractivity contribution < 1.29 is 22.6 Å². The van der Waals surface area contributed by atoms with E-state index < -0.39 is 12.3 Å². The fourth-order valence-corrected chi connectivity index (χ4v) is 0.963. The lowest BCUT2D eigenvalue weighted by molar-refractivity contribution is -0.190. The molecule has 1 atom stereocenters. The molecule has 0 saturated carbocycles. The van der Waals surface area contributed by atoms with Gasteiger partial charge in [0.1, 0.15) is 6.33 Å². The maximum Gasteiger partial charge on any atom is 0.425 e. The summed E-state index contributed by atoms with van der Waals surface area (Å²) in [6.07, 6.45) is -5.50. The van der Waals surface area contributed by atoms with Gasteiger partial charge in [0, 0.05) is 0 Å². The lowest BCUT2D eigenvalue weighted by Crippen LogP contribution is -2.31. The number of hydrazine groups is 1. The summed E-state index contributed by atoms with van der Waals surface area (Å²) in [5, 5.41) is 0. The van der Waals surface area contributed by atoms with Crippen LogP contribution in [0, 0.1) is 0 Å². The van der Waals surface area contributed by atoms with Crippen molar-refractivity contribution in [2.75, 3.05) is 12.5 Å². The van der Waals surface area contributed by atoms with E-state index in [4.69, 9.17) is 10.6 Å². The van der Waals surface area contributed by atoms with Crippen molar-refractivity contribution >= 4 is 5.82 Å². The standard InChI is InChI=1S/C8H11F3N4O2/c1-4(8(9,10)11)17-7-5(16-2)6(15-12)13-3-14-7/h3-4H,12H2,1-2H3,(H,13,14,15). The molecule has 1 aromatic heterocycles. The van der Waals surface area contributed by atoms with Gasteiger partial charge < -0.3 is 14.9 Å². The fourth-order valence-electron chi connectivity index (χ4n) is 0.963. The third-order valence-corrected chi connectivity index (χ3v) is 1.86. The van der Waals surface area contributed by atoms with E-state index in [1.807, 2.05) is 0 Å². The molecule has 1 unspecified atom stereocenters. The van der Waals surface area contributed by atoms with E-state index in [0.29, 0.717) is 0 Å². The van der Waals surface area contributed by atoms with Crippen LogP contribution in [0.5, 0.6) is 11.6 Å². The number of methoxy groups -OCH3 is 1. The molecule has 1 rings (SSSR count). The van der Waals surface area contributed by atoms with Crippen molar-refractivity contribution in [2.45, 2.75) is 19.2 Å². The van der Waals surface area contributed by atoms with Crippen LogP contribution in [-0.4, -0.2) is 29.4 Å². The lowest BCUT2D eigenvalue weighted by Gasteiger charge is -2.18. The van der Waals surface area contributed by atoms with Crippen molar-refractivity contribution in [3.63, 3.8) is 0 Å². The van der Waals surface area contributed by atoms with Crippen LogP contribution < -0.4 is 20.7 Å². The molecule has 0 aliphatic rings. The second-order valence-electron chi connectivity index (χ2n) is 3.01. The average Bonchev–Trinajstić information content (AvgIpc) is 2.27. The van der Waals surface area contributed by atoms with Crippen LogP contribution in [0.3, 0.4) is 0 Å². The first-order valence-electron chi connectivity index (χ1n) is 4.49. The molecule has 9 heteroatoms. The summed E-state index contributed by atoms with van der Waals surface area (Å²) in [5.74, 6) is 4.72. The van der Waals surface area contributed by atoms with Crippen LogP contribution >= 0.6 is 0 Å². The molecular weight excluding hydrogens is 241 g/mol. The SMILES string of the molecule is COc1c(NN)ncnc1OC(C)C(F)(F)F. The summed E-state index contributed by atoms with van der Waals surface area (Å²) in [5.41, 5.74) is 2.16. The number of alkyl halides is 3. The summed E-state index contributed by atoms with van der Waals surface area (Å²) in [6, 6.07) is 0. The minimum absolute atomic E-state index is 0.0341. The third-order valence-electron chi connectivity index (χ3n) is 1.86. The van der Waals surface area contributed by atoms with Gasteiger partial charge in [0.15, 0.2) is 11.9 Å². The van der Waals surface area contributed by atoms with E-state index in [0.717, 1.165) is 13.3 Å². The molecule has 0 fully saturated rings. The Morgan fingerprint density at radius 1 is 1.41 bits per heavy atom. The Kier molecular flexibility index (Phi) is 3.94. The Balaban J connectivity index is 2.98. The zero-order valence-corrected chi connectivity index (χ0v) is 9.08. The Morgan fingerprint density at radius 3 is 2.53 bits per heavy atom. The van der Waals surface area contributed by atoms with Crippen LogP contribution in [0.15, 0.2) is 6.33 Å². The molecule has 1 heterocycles. The number of nitrogens with one attached hydrogen (secondary N) is 1. The first kappa shape index (κ1) is 13.3. The van der Waals surface area contributed by atoms with Crippen LogP contribution in [0.4, 0.5) is 19.0 Å². The summed E-state index contributed by atoms with van der Waals surface area (Å²) in [7, 11) is 1.24. The number of nitrogens with two attached hydrogens (primary N) is 1. The molecule has 0 radical (unpaired) electrons. The number of hydrogen-bond acceptors (Lipinski definition) is 6. The number of nitrogen functional groups attached to an aromatic ring is 1. The van der Waals surface area contributed by atoms with Crippen molar-refractivity contribution in [3.05, 3.63) is 6.33 Å². The largest absolute Gasteiger partial charge is 0.489 e. The summed E-state index contributed by atoms with van der Waals surface area (Å²) >= 11 is 0. The molecule has 17 heavy (non-hydrogen) atoms. The van der Waals surface area contributed by atoms with Crippen molar-refractivity contribution in [2.24, 2.45) is 5.84 Å². The summed E-state index contributed by atoms with van der Waals surface area (Å²) < 4.78 is 46.4. The molecule has 0 aliphatic heterocycles. The van der Waals surface area contributed by atoms with Gasteiger partial charge in [-0.15, -0.1) is 0 Å². The van der Waals surface area contributed by atoms with E-state index in [2.05, 4.69) is 20.1 Å². The van der Waals surface area contributed by atoms with E-state index in [1.54, 1.807) is 0 Å². The zero-order valence-electron chi connectivity index (χ0n) is 9.08. The molecule has 1 aromatic rings. The van der Waals surface area contributed by atoms with E-state index in [-0.39, 0.29) is 17.4 Å². The van der Waals surface area contributed by atoms with E-state index in [1.165, 1.54) is 7.11 Å². The van der Waals surface area contributed by atoms with Crippen molar-refractivity contribution in [1.82, 2.24) is 9.97 Å². The predicted octanol–water partition coefficient (Wildman–Crippen LogP) is 1.10. The van der Waals surface area contributed by atoms with Gasteiger partial charge in [0.05, 0.1) is 7.11 Å². The van der Waals surface area contributed by atoms with Gasteiger partial charge in [-0.2, -0.15) is 18.2 Å². The normalized spacial score (nSPS) is 13.1. The topological polar surface area (TPSA) is 82.3 Å². The van der Waals surface area contributed by atoms with Crippen LogP contribution in [0.2, 0.25) is 0 Å². The molecule has 0 spiro atoms. The minimum atomic E-state index is -4.49. The quantitative estimate of drug-likeness (QED) is 0.616. The molecule has 0 amide bonds. The number of aromatic nitrogens is 2.